The lowest BCUT2D eigenvalue weighted by atomic mass is 9.95. The molecule has 2 atom stereocenters. The maximum atomic E-state index is 11.9. The van der Waals surface area contributed by atoms with E-state index in [0.717, 1.165) is 6.42 Å². The van der Waals surface area contributed by atoms with Crippen LogP contribution >= 0.6 is 0 Å². The van der Waals surface area contributed by atoms with Crippen LogP contribution in [0.3, 0.4) is 0 Å². The van der Waals surface area contributed by atoms with Gasteiger partial charge in [-0.15, -0.1) is 0 Å². The van der Waals surface area contributed by atoms with Gasteiger partial charge in [-0.1, -0.05) is 6.42 Å². The van der Waals surface area contributed by atoms with Crippen molar-refractivity contribution in [2.45, 2.75) is 30.1 Å². The van der Waals surface area contributed by atoms with Gasteiger partial charge in [0.1, 0.15) is 9.84 Å². The summed E-state index contributed by atoms with van der Waals surface area (Å²) in [5, 5.41) is -0.505. The molecule has 2 unspecified atom stereocenters. The van der Waals surface area contributed by atoms with Crippen molar-refractivity contribution in [2.24, 2.45) is 5.73 Å². The minimum Gasteiger partial charge on any atom is -0.329 e. The molecule has 19 heavy (non-hydrogen) atoms. The van der Waals surface area contributed by atoms with Gasteiger partial charge < -0.3 is 5.73 Å². The van der Waals surface area contributed by atoms with E-state index in [-0.39, 0.29) is 12.3 Å². The van der Waals surface area contributed by atoms with E-state index in [4.69, 9.17) is 5.73 Å². The Morgan fingerprint density at radius 3 is 2.26 bits per heavy atom. The molecule has 2 N–H and O–H groups in total. The van der Waals surface area contributed by atoms with Gasteiger partial charge in [-0.05, 0) is 19.9 Å². The predicted molar refractivity (Wildman–Crippen MR) is 76.6 cm³/mol. The van der Waals surface area contributed by atoms with E-state index in [0.29, 0.717) is 19.4 Å². The highest BCUT2D eigenvalue weighted by Gasteiger charge is 2.49. The highest BCUT2D eigenvalue weighted by molar-refractivity contribution is 7.91. The lowest BCUT2D eigenvalue weighted by Gasteiger charge is -2.42. The van der Waals surface area contributed by atoms with Crippen molar-refractivity contribution >= 4 is 19.7 Å². The lowest BCUT2D eigenvalue weighted by molar-refractivity contribution is 0.143. The fourth-order valence-corrected chi connectivity index (χ4v) is 5.38. The molecular formula is C11H24N2O4S2. The number of hydrogen-bond donors (Lipinski definition) is 1. The minimum atomic E-state index is -3.19. The molecule has 0 aliphatic heterocycles. The Morgan fingerprint density at radius 2 is 1.84 bits per heavy atom. The number of nitrogens with two attached hydrogens (primary N) is 1. The van der Waals surface area contributed by atoms with E-state index in [1.165, 1.54) is 12.5 Å². The van der Waals surface area contributed by atoms with E-state index in [9.17, 15) is 16.8 Å². The third kappa shape index (κ3) is 3.90. The van der Waals surface area contributed by atoms with E-state index in [2.05, 4.69) is 0 Å². The normalized spacial score (nSPS) is 29.0. The average Bonchev–Trinajstić information content (AvgIpc) is 2.69. The fourth-order valence-electron chi connectivity index (χ4n) is 2.99. The number of nitrogens with zero attached hydrogens (tertiary/aromatic N) is 1. The molecule has 0 aromatic carbocycles. The van der Waals surface area contributed by atoms with Crippen LogP contribution in [-0.4, -0.2) is 70.9 Å². The first-order valence-electron chi connectivity index (χ1n) is 6.31. The lowest BCUT2D eigenvalue weighted by Crippen LogP contribution is -2.59. The van der Waals surface area contributed by atoms with Gasteiger partial charge in [0.05, 0.1) is 11.0 Å². The van der Waals surface area contributed by atoms with Crippen molar-refractivity contribution in [1.82, 2.24) is 4.90 Å². The second kappa shape index (κ2) is 5.67. The molecule has 1 aliphatic carbocycles. The van der Waals surface area contributed by atoms with Crippen molar-refractivity contribution in [3.8, 4) is 0 Å². The smallest absolute Gasteiger partial charge is 0.152 e. The van der Waals surface area contributed by atoms with Crippen LogP contribution in [0.15, 0.2) is 0 Å². The van der Waals surface area contributed by atoms with Crippen molar-refractivity contribution in [2.75, 3.05) is 38.4 Å². The fraction of sp³-hybridized carbons (Fsp3) is 1.00. The molecule has 0 radical (unpaired) electrons. The Bertz CT molecular complexity index is 515. The molecule has 0 heterocycles. The summed E-state index contributed by atoms with van der Waals surface area (Å²) in [6, 6.07) is 0. The first-order valence-corrected chi connectivity index (χ1v) is 10.3. The first kappa shape index (κ1) is 16.9. The molecule has 0 saturated heterocycles. The quantitative estimate of drug-likeness (QED) is 0.693. The van der Waals surface area contributed by atoms with Crippen LogP contribution < -0.4 is 5.73 Å². The summed E-state index contributed by atoms with van der Waals surface area (Å²) in [4.78, 5) is 1.83. The monoisotopic (exact) mass is 312 g/mol. The van der Waals surface area contributed by atoms with E-state index >= 15 is 0 Å². The van der Waals surface area contributed by atoms with Gasteiger partial charge in [0.25, 0.3) is 0 Å². The van der Waals surface area contributed by atoms with Crippen LogP contribution in [0.5, 0.6) is 0 Å². The third-order valence-corrected chi connectivity index (χ3v) is 6.74. The average molecular weight is 312 g/mol. The Labute approximate surface area is 116 Å². The highest BCUT2D eigenvalue weighted by Crippen LogP contribution is 2.38. The molecule has 8 heteroatoms. The van der Waals surface area contributed by atoms with Gasteiger partial charge in [-0.25, -0.2) is 16.8 Å². The van der Waals surface area contributed by atoms with Crippen LogP contribution in [0, 0.1) is 0 Å². The second-order valence-corrected chi connectivity index (χ2v) is 10.1. The number of sulfone groups is 2. The minimum absolute atomic E-state index is 0.0156. The van der Waals surface area contributed by atoms with Crippen LogP contribution in [0.4, 0.5) is 0 Å². The van der Waals surface area contributed by atoms with E-state index < -0.39 is 30.5 Å². The summed E-state index contributed by atoms with van der Waals surface area (Å²) in [5.41, 5.74) is 5.21. The molecule has 1 rings (SSSR count). The number of hydrogen-bond acceptors (Lipinski definition) is 6. The van der Waals surface area contributed by atoms with Gasteiger partial charge in [0.15, 0.2) is 9.84 Å². The Balaban J connectivity index is 2.96. The molecule has 0 spiro atoms. The van der Waals surface area contributed by atoms with Gasteiger partial charge in [0.2, 0.25) is 0 Å². The van der Waals surface area contributed by atoms with Crippen molar-refractivity contribution in [1.29, 1.82) is 0 Å². The standard InChI is InChI=1S/C11H24N2O4S2/c1-13(7-8-18(2,14)15)11(9-12)6-4-5-10(11)19(3,16)17/h10H,4-9,12H2,1-3H3. The van der Waals surface area contributed by atoms with Gasteiger partial charge in [-0.2, -0.15) is 0 Å². The zero-order valence-electron chi connectivity index (χ0n) is 11.8. The summed E-state index contributed by atoms with van der Waals surface area (Å²) in [7, 11) is -4.50. The third-order valence-electron chi connectivity index (χ3n) is 4.10. The number of likely N-dealkylation sites (N-methyl/N-ethyl adjacent to an activating group) is 1. The maximum absolute atomic E-state index is 11.9. The number of rotatable bonds is 6. The summed E-state index contributed by atoms with van der Waals surface area (Å²) >= 11 is 0. The summed E-state index contributed by atoms with van der Waals surface area (Å²) < 4.78 is 46.3. The van der Waals surface area contributed by atoms with Crippen LogP contribution in [0.2, 0.25) is 0 Å². The zero-order valence-corrected chi connectivity index (χ0v) is 13.4. The van der Waals surface area contributed by atoms with Crippen LogP contribution in [-0.2, 0) is 19.7 Å². The highest BCUT2D eigenvalue weighted by atomic mass is 32.2. The molecular weight excluding hydrogens is 288 g/mol. The molecule has 1 saturated carbocycles. The van der Waals surface area contributed by atoms with Crippen molar-refractivity contribution < 1.29 is 16.8 Å². The molecule has 0 amide bonds. The summed E-state index contributed by atoms with van der Waals surface area (Å²) in [6.45, 7) is 0.535. The van der Waals surface area contributed by atoms with Crippen molar-refractivity contribution in [3.05, 3.63) is 0 Å². The van der Waals surface area contributed by atoms with Crippen LogP contribution in [0.25, 0.3) is 0 Å². The Hall–Kier alpha value is -0.180. The second-order valence-electron chi connectivity index (χ2n) is 5.57. The molecule has 1 aliphatic rings. The molecule has 6 nitrogen and oxygen atoms in total. The van der Waals surface area contributed by atoms with E-state index in [1.54, 1.807) is 7.05 Å². The largest absolute Gasteiger partial charge is 0.329 e. The molecule has 0 aromatic rings. The molecule has 1 fully saturated rings. The molecule has 0 bridgehead atoms. The van der Waals surface area contributed by atoms with Crippen molar-refractivity contribution in [3.63, 3.8) is 0 Å². The van der Waals surface area contributed by atoms with Gasteiger partial charge in [-0.3, -0.25) is 4.90 Å². The first-order chi connectivity index (χ1) is 8.53. The Morgan fingerprint density at radius 1 is 1.26 bits per heavy atom. The van der Waals surface area contributed by atoms with Crippen LogP contribution in [0.1, 0.15) is 19.3 Å². The summed E-state index contributed by atoms with van der Waals surface area (Å²) in [6.07, 6.45) is 4.51. The zero-order chi connectivity index (χ0) is 14.9. The molecule has 0 aromatic heterocycles. The SMILES string of the molecule is CN(CCS(C)(=O)=O)C1(CN)CCCC1S(C)(=O)=O. The van der Waals surface area contributed by atoms with Gasteiger partial charge in [0, 0.05) is 31.1 Å². The Kier molecular flexibility index (Phi) is 5.03. The summed E-state index contributed by atoms with van der Waals surface area (Å²) in [5.74, 6) is 0.0156. The van der Waals surface area contributed by atoms with E-state index in [1.807, 2.05) is 4.90 Å². The topological polar surface area (TPSA) is 97.5 Å². The van der Waals surface area contributed by atoms with Gasteiger partial charge >= 0.3 is 0 Å². The maximum Gasteiger partial charge on any atom is 0.152 e. The predicted octanol–water partition coefficient (Wildman–Crippen LogP) is -0.743. The molecule has 114 valence electrons.